The van der Waals surface area contributed by atoms with Crippen LogP contribution >= 0.6 is 0 Å². The van der Waals surface area contributed by atoms with Crippen LogP contribution in [-0.4, -0.2) is 15.1 Å². The summed E-state index contributed by atoms with van der Waals surface area (Å²) in [5.74, 6) is -1.93. The van der Waals surface area contributed by atoms with Gasteiger partial charge < -0.3 is 15.4 Å². The van der Waals surface area contributed by atoms with E-state index in [-0.39, 0.29) is 16.0 Å². The number of hydrogen-bond donors (Lipinski definition) is 2. The number of aryl methyl sites for hydroxylation is 1. The van der Waals surface area contributed by atoms with Crippen LogP contribution in [0.15, 0.2) is 24.4 Å². The first-order valence-electron chi connectivity index (χ1n) is 7.09. The Morgan fingerprint density at radius 1 is 1.33 bits per heavy atom. The fraction of sp³-hybridized carbons (Fsp3) is 0.125. The zero-order valence-electron chi connectivity index (χ0n) is 13.5. The van der Waals surface area contributed by atoms with Crippen molar-refractivity contribution >= 4 is 17.3 Å². The molecule has 140 valence electrons. The number of nitriles is 1. The maximum atomic E-state index is 13.3. The lowest BCUT2D eigenvalue weighted by Crippen LogP contribution is -2.31. The maximum Gasteiger partial charge on any atom is 0.417 e. The highest BCUT2D eigenvalue weighted by Crippen LogP contribution is 2.38. The summed E-state index contributed by atoms with van der Waals surface area (Å²) in [6.07, 6.45) is -3.47. The minimum atomic E-state index is -4.87. The van der Waals surface area contributed by atoms with Gasteiger partial charge in [-0.1, -0.05) is 0 Å². The molecule has 0 unspecified atom stereocenters. The quantitative estimate of drug-likeness (QED) is 0.210. The number of nitrogens with zero attached hydrogens (tertiary/aromatic N) is 3. The van der Waals surface area contributed by atoms with Crippen molar-refractivity contribution in [3.8, 4) is 17.6 Å². The predicted octanol–water partition coefficient (Wildman–Crippen LogP) is 3.03. The minimum Gasteiger partial charge on any atom is -0.618 e. The summed E-state index contributed by atoms with van der Waals surface area (Å²) in [4.78, 5) is 9.86. The second-order valence-corrected chi connectivity index (χ2v) is 5.40. The average Bonchev–Trinajstić information content (AvgIpc) is 2.56. The van der Waals surface area contributed by atoms with E-state index in [4.69, 9.17) is 0 Å². The highest BCUT2D eigenvalue weighted by molar-refractivity contribution is 5.91. The van der Waals surface area contributed by atoms with Gasteiger partial charge in [0.15, 0.2) is 17.6 Å². The Balaban J connectivity index is 2.74. The topological polar surface area (TPSA) is 134 Å². The third kappa shape index (κ3) is 3.90. The van der Waals surface area contributed by atoms with E-state index in [1.54, 1.807) is 0 Å². The van der Waals surface area contributed by atoms with Gasteiger partial charge >= 0.3 is 11.9 Å². The van der Waals surface area contributed by atoms with E-state index in [1.807, 2.05) is 0 Å². The van der Waals surface area contributed by atoms with Gasteiger partial charge in [-0.2, -0.15) is 23.2 Å². The van der Waals surface area contributed by atoms with Crippen molar-refractivity contribution in [3.63, 3.8) is 0 Å². The van der Waals surface area contributed by atoms with Crippen LogP contribution in [-0.2, 0) is 6.18 Å². The molecule has 11 heteroatoms. The normalized spacial score (nSPS) is 11.9. The van der Waals surface area contributed by atoms with Crippen LogP contribution in [0.4, 0.5) is 18.9 Å². The lowest BCUT2D eigenvalue weighted by atomic mass is 9.99. The summed E-state index contributed by atoms with van der Waals surface area (Å²) in [6.45, 7) is 1.16. The number of phenols is 2. The van der Waals surface area contributed by atoms with Gasteiger partial charge in [-0.25, -0.2) is 0 Å². The molecule has 1 aromatic carbocycles. The van der Waals surface area contributed by atoms with Crippen LogP contribution in [0.3, 0.4) is 0 Å². The van der Waals surface area contributed by atoms with Gasteiger partial charge in [-0.15, -0.1) is 0 Å². The summed E-state index contributed by atoms with van der Waals surface area (Å²) in [5.41, 5.74) is -3.97. The molecular formula is C16H10F3N3O5. The fourth-order valence-corrected chi connectivity index (χ4v) is 2.27. The second-order valence-electron chi connectivity index (χ2n) is 5.40. The first-order valence-corrected chi connectivity index (χ1v) is 7.09. The second kappa shape index (κ2) is 6.83. The Bertz CT molecular complexity index is 1010. The summed E-state index contributed by atoms with van der Waals surface area (Å²) in [7, 11) is 0. The molecule has 0 aliphatic carbocycles. The van der Waals surface area contributed by atoms with E-state index in [2.05, 4.69) is 0 Å². The number of rotatable bonds is 3. The number of nitro groups is 1. The molecule has 2 rings (SSSR count). The molecule has 2 aromatic rings. The van der Waals surface area contributed by atoms with Gasteiger partial charge in [-0.3, -0.25) is 10.1 Å². The molecule has 0 aliphatic heterocycles. The molecule has 0 fully saturated rings. The van der Waals surface area contributed by atoms with E-state index >= 15 is 0 Å². The van der Waals surface area contributed by atoms with Crippen LogP contribution in [0.1, 0.15) is 22.4 Å². The number of allylic oxidation sites excluding steroid dienone is 1. The lowest BCUT2D eigenvalue weighted by molar-refractivity contribution is -0.612. The highest BCUT2D eigenvalue weighted by Gasteiger charge is 2.36. The molecule has 2 N–H and O–H groups in total. The van der Waals surface area contributed by atoms with Crippen LogP contribution in [0, 0.1) is 33.6 Å². The molecule has 0 bridgehead atoms. The van der Waals surface area contributed by atoms with Gasteiger partial charge in [0.1, 0.15) is 6.07 Å². The highest BCUT2D eigenvalue weighted by atomic mass is 19.4. The Labute approximate surface area is 149 Å². The number of hydrogen-bond acceptors (Lipinski definition) is 6. The molecule has 0 atom stereocenters. The summed E-state index contributed by atoms with van der Waals surface area (Å²) in [5, 5.41) is 50.8. The van der Waals surface area contributed by atoms with Gasteiger partial charge in [0.25, 0.3) is 0 Å². The third-order valence-electron chi connectivity index (χ3n) is 3.55. The Kier molecular flexibility index (Phi) is 4.94. The Morgan fingerprint density at radius 2 is 1.96 bits per heavy atom. The molecule has 27 heavy (non-hydrogen) atoms. The van der Waals surface area contributed by atoms with Crippen molar-refractivity contribution in [3.05, 3.63) is 62.1 Å². The molecule has 0 aliphatic rings. The molecular weight excluding hydrogens is 371 g/mol. The van der Waals surface area contributed by atoms with Gasteiger partial charge in [0.05, 0.1) is 21.6 Å². The van der Waals surface area contributed by atoms with Crippen molar-refractivity contribution in [1.82, 2.24) is 0 Å². The third-order valence-corrected chi connectivity index (χ3v) is 3.55. The van der Waals surface area contributed by atoms with E-state index in [0.29, 0.717) is 12.3 Å². The molecule has 1 heterocycles. The average molecular weight is 381 g/mol. The summed E-state index contributed by atoms with van der Waals surface area (Å²) in [6, 6.07) is 3.67. The smallest absolute Gasteiger partial charge is 0.417 e. The predicted molar refractivity (Wildman–Crippen MR) is 85.1 cm³/mol. The monoisotopic (exact) mass is 381 g/mol. The van der Waals surface area contributed by atoms with Gasteiger partial charge in [-0.05, 0) is 17.7 Å². The molecule has 0 saturated carbocycles. The van der Waals surface area contributed by atoms with E-state index < -0.39 is 45.0 Å². The number of nitro benzene ring substituents is 1. The van der Waals surface area contributed by atoms with E-state index in [1.165, 1.54) is 6.07 Å². The molecule has 0 spiro atoms. The zero-order chi connectivity index (χ0) is 20.5. The van der Waals surface area contributed by atoms with Crippen LogP contribution < -0.4 is 4.73 Å². The van der Waals surface area contributed by atoms with Crippen LogP contribution in [0.2, 0.25) is 0 Å². The first-order chi connectivity index (χ1) is 12.5. The molecule has 8 nitrogen and oxygen atoms in total. The fourth-order valence-electron chi connectivity index (χ4n) is 2.27. The SMILES string of the molecule is Cc1cc(C(F)(F)F)c(/C(C#N)=C/c2cc(O)c(O)c([N+](=O)[O-])c2)c[n+]1[O-]. The number of benzene rings is 1. The molecule has 0 radical (unpaired) electrons. The van der Waals surface area contributed by atoms with Gasteiger partial charge in [0, 0.05) is 19.1 Å². The minimum absolute atomic E-state index is 0.145. The van der Waals surface area contributed by atoms with Crippen LogP contribution in [0.5, 0.6) is 11.5 Å². The summed E-state index contributed by atoms with van der Waals surface area (Å²) >= 11 is 0. The largest absolute Gasteiger partial charge is 0.618 e. The Hall–Kier alpha value is -3.81. The Morgan fingerprint density at radius 3 is 2.48 bits per heavy atom. The number of alkyl halides is 3. The number of aromatic hydroxyl groups is 2. The lowest BCUT2D eigenvalue weighted by Gasteiger charge is -2.13. The van der Waals surface area contributed by atoms with E-state index in [9.17, 15) is 44.0 Å². The zero-order valence-corrected chi connectivity index (χ0v) is 13.5. The van der Waals surface area contributed by atoms with Gasteiger partial charge in [0.2, 0.25) is 5.75 Å². The van der Waals surface area contributed by atoms with Crippen molar-refractivity contribution in [1.29, 1.82) is 5.26 Å². The number of pyridine rings is 1. The van der Waals surface area contributed by atoms with Crippen molar-refractivity contribution in [2.75, 3.05) is 0 Å². The van der Waals surface area contributed by atoms with E-state index in [0.717, 1.165) is 25.1 Å². The maximum absolute atomic E-state index is 13.3. The molecule has 0 amide bonds. The number of aromatic nitrogens is 1. The van der Waals surface area contributed by atoms with Crippen molar-refractivity contribution < 1.29 is 33.0 Å². The van der Waals surface area contributed by atoms with Crippen LogP contribution in [0.25, 0.3) is 11.6 Å². The van der Waals surface area contributed by atoms with Crippen molar-refractivity contribution in [2.45, 2.75) is 13.1 Å². The number of phenolic OH excluding ortho intramolecular Hbond substituents is 2. The standard InChI is InChI=1S/C16H10F3N3O5/c1-8-2-12(16(17,18)19)11(7-21(8)25)10(6-20)3-9-4-13(22(26)27)15(24)14(23)5-9/h2-5,7,23-24H,1H3/b10-3+. The molecule has 1 aromatic heterocycles. The molecule has 0 saturated heterocycles. The summed E-state index contributed by atoms with van der Waals surface area (Å²) < 4.78 is 40.0. The van der Waals surface area contributed by atoms with Crippen molar-refractivity contribution in [2.24, 2.45) is 0 Å². The first kappa shape index (κ1) is 19.5. The number of halogens is 3.